The van der Waals surface area contributed by atoms with Crippen molar-refractivity contribution in [2.75, 3.05) is 13.1 Å². The number of piperidine rings is 1. The standard InChI is InChI=1S/C17H22F2N4O2/c1-9(2)23-7-13(20-8-23)15(24)22-5-10-11(6-22)14(10)12-4-17(3,16(18)19)25-21-12/h7-11,14,16H,4-6H2,1-3H3. The minimum Gasteiger partial charge on any atom is -0.383 e. The number of hydrogen-bond acceptors (Lipinski definition) is 4. The summed E-state index contributed by atoms with van der Waals surface area (Å²) in [6.45, 7) is 6.72. The van der Waals surface area contributed by atoms with Gasteiger partial charge in [0.1, 0.15) is 5.69 Å². The topological polar surface area (TPSA) is 59.7 Å². The number of nitrogens with zero attached hydrogens (tertiary/aromatic N) is 4. The maximum Gasteiger partial charge on any atom is 0.280 e. The predicted molar refractivity (Wildman–Crippen MR) is 86.5 cm³/mol. The van der Waals surface area contributed by atoms with E-state index in [4.69, 9.17) is 4.84 Å². The lowest BCUT2D eigenvalue weighted by Crippen LogP contribution is -2.35. The van der Waals surface area contributed by atoms with Crippen LogP contribution in [0.15, 0.2) is 17.7 Å². The summed E-state index contributed by atoms with van der Waals surface area (Å²) >= 11 is 0. The van der Waals surface area contributed by atoms with Gasteiger partial charge in [0.15, 0.2) is 5.60 Å². The summed E-state index contributed by atoms with van der Waals surface area (Å²) in [4.78, 5) is 23.6. The van der Waals surface area contributed by atoms with Crippen LogP contribution in [0.25, 0.3) is 0 Å². The summed E-state index contributed by atoms with van der Waals surface area (Å²) in [5.41, 5.74) is -0.307. The second kappa shape index (κ2) is 5.51. The highest BCUT2D eigenvalue weighted by atomic mass is 19.3. The van der Waals surface area contributed by atoms with Gasteiger partial charge < -0.3 is 14.3 Å². The lowest BCUT2D eigenvalue weighted by atomic mass is 9.96. The second-order valence-corrected chi connectivity index (χ2v) is 7.83. The lowest BCUT2D eigenvalue weighted by molar-refractivity contribution is -0.111. The molecule has 1 amide bonds. The quantitative estimate of drug-likeness (QED) is 0.837. The number of hydrogen-bond donors (Lipinski definition) is 0. The van der Waals surface area contributed by atoms with Crippen LogP contribution in [0.2, 0.25) is 0 Å². The third-order valence-electron chi connectivity index (χ3n) is 5.65. The van der Waals surface area contributed by atoms with E-state index in [1.54, 1.807) is 12.5 Å². The maximum absolute atomic E-state index is 13.0. The molecule has 1 aliphatic carbocycles. The number of halogens is 2. The minimum absolute atomic E-state index is 0.0626. The molecule has 2 fully saturated rings. The number of carbonyl (C=O) groups is 1. The molecular formula is C17H22F2N4O2. The Morgan fingerprint density at radius 3 is 2.56 bits per heavy atom. The molecule has 3 heterocycles. The summed E-state index contributed by atoms with van der Waals surface area (Å²) in [6.07, 6.45) is 1.07. The Morgan fingerprint density at radius 2 is 2.04 bits per heavy atom. The summed E-state index contributed by atoms with van der Waals surface area (Å²) in [5, 5.41) is 3.92. The molecule has 0 radical (unpaired) electrons. The first-order valence-electron chi connectivity index (χ1n) is 8.66. The van der Waals surface area contributed by atoms with E-state index in [9.17, 15) is 13.6 Å². The molecule has 4 rings (SSSR count). The van der Waals surface area contributed by atoms with Crippen LogP contribution < -0.4 is 0 Å². The van der Waals surface area contributed by atoms with Crippen molar-refractivity contribution in [1.29, 1.82) is 0 Å². The molecule has 6 nitrogen and oxygen atoms in total. The molecule has 0 spiro atoms. The number of aromatic nitrogens is 2. The van der Waals surface area contributed by atoms with Crippen molar-refractivity contribution >= 4 is 11.6 Å². The molecule has 1 saturated carbocycles. The van der Waals surface area contributed by atoms with Crippen LogP contribution >= 0.6 is 0 Å². The van der Waals surface area contributed by atoms with Gasteiger partial charge in [-0.1, -0.05) is 5.16 Å². The highest BCUT2D eigenvalue weighted by Crippen LogP contribution is 2.55. The van der Waals surface area contributed by atoms with Gasteiger partial charge in [-0.2, -0.15) is 0 Å². The van der Waals surface area contributed by atoms with E-state index in [1.165, 1.54) is 6.92 Å². The van der Waals surface area contributed by atoms with E-state index >= 15 is 0 Å². The zero-order valence-corrected chi connectivity index (χ0v) is 14.5. The summed E-state index contributed by atoms with van der Waals surface area (Å²) in [6, 6.07) is 0.259. The molecule has 2 aliphatic heterocycles. The number of carbonyl (C=O) groups excluding carboxylic acids is 1. The Kier molecular flexibility index (Phi) is 3.63. The van der Waals surface area contributed by atoms with Gasteiger partial charge in [-0.05, 0) is 32.6 Å². The van der Waals surface area contributed by atoms with Crippen LogP contribution in [-0.2, 0) is 4.84 Å². The first kappa shape index (κ1) is 16.5. The molecule has 0 N–H and O–H groups in total. The van der Waals surface area contributed by atoms with Gasteiger partial charge in [0.25, 0.3) is 12.3 Å². The van der Waals surface area contributed by atoms with Crippen LogP contribution in [0.5, 0.6) is 0 Å². The Hall–Kier alpha value is -1.99. The van der Waals surface area contributed by atoms with Gasteiger partial charge in [0.05, 0.1) is 12.0 Å². The SMILES string of the molecule is CC(C)n1cnc(C(=O)N2CC3C(C2)C3C2=NOC(C)(C(F)F)C2)c1. The third kappa shape index (κ3) is 2.62. The Morgan fingerprint density at radius 1 is 1.36 bits per heavy atom. The molecule has 0 aromatic carbocycles. The van der Waals surface area contributed by atoms with E-state index in [1.807, 2.05) is 23.3 Å². The van der Waals surface area contributed by atoms with E-state index in [-0.39, 0.29) is 24.3 Å². The minimum atomic E-state index is -2.55. The zero-order chi connectivity index (χ0) is 17.9. The molecule has 1 aromatic rings. The van der Waals surface area contributed by atoms with Crippen molar-refractivity contribution in [2.24, 2.45) is 22.9 Å². The average Bonchev–Trinajstić information content (AvgIpc) is 3.05. The summed E-state index contributed by atoms with van der Waals surface area (Å²) in [7, 11) is 0. The fraction of sp³-hybridized carbons (Fsp3) is 0.706. The molecule has 1 saturated heterocycles. The fourth-order valence-electron chi connectivity index (χ4n) is 3.96. The van der Waals surface area contributed by atoms with Crippen LogP contribution in [0.4, 0.5) is 8.78 Å². The number of imidazole rings is 1. The number of likely N-dealkylation sites (tertiary alicyclic amines) is 1. The molecule has 8 heteroatoms. The Balaban J connectivity index is 1.36. The van der Waals surface area contributed by atoms with Gasteiger partial charge in [-0.15, -0.1) is 0 Å². The van der Waals surface area contributed by atoms with E-state index in [0.29, 0.717) is 30.6 Å². The molecule has 136 valence electrons. The van der Waals surface area contributed by atoms with Gasteiger partial charge in [0.2, 0.25) is 0 Å². The van der Waals surface area contributed by atoms with Gasteiger partial charge in [0, 0.05) is 37.7 Å². The zero-order valence-electron chi connectivity index (χ0n) is 14.5. The monoisotopic (exact) mass is 352 g/mol. The van der Waals surface area contributed by atoms with Crippen molar-refractivity contribution in [3.05, 3.63) is 18.2 Å². The number of oxime groups is 1. The maximum atomic E-state index is 13.0. The number of amides is 1. The van der Waals surface area contributed by atoms with Crippen molar-refractivity contribution in [2.45, 2.75) is 45.3 Å². The van der Waals surface area contributed by atoms with Crippen molar-refractivity contribution < 1.29 is 18.4 Å². The molecular weight excluding hydrogens is 330 g/mol. The normalized spacial score (nSPS) is 33.6. The first-order chi connectivity index (χ1) is 11.8. The van der Waals surface area contributed by atoms with E-state index in [0.717, 1.165) is 5.71 Å². The largest absolute Gasteiger partial charge is 0.383 e. The number of rotatable bonds is 4. The summed E-state index contributed by atoms with van der Waals surface area (Å²) in [5.74, 6) is 0.724. The molecule has 3 atom stereocenters. The molecule has 1 aromatic heterocycles. The molecule has 0 bridgehead atoms. The average molecular weight is 352 g/mol. The highest BCUT2D eigenvalue weighted by Gasteiger charge is 2.61. The fourth-order valence-corrected chi connectivity index (χ4v) is 3.96. The van der Waals surface area contributed by atoms with Crippen LogP contribution in [0.1, 0.15) is 43.7 Å². The van der Waals surface area contributed by atoms with Gasteiger partial charge in [-0.3, -0.25) is 4.79 Å². The number of fused-ring (bicyclic) bond motifs is 1. The van der Waals surface area contributed by atoms with E-state index < -0.39 is 12.0 Å². The summed E-state index contributed by atoms with van der Waals surface area (Å²) < 4.78 is 28.0. The molecule has 3 unspecified atom stereocenters. The first-order valence-corrected chi connectivity index (χ1v) is 8.66. The van der Waals surface area contributed by atoms with Crippen molar-refractivity contribution in [3.8, 4) is 0 Å². The highest BCUT2D eigenvalue weighted by molar-refractivity contribution is 5.94. The van der Waals surface area contributed by atoms with Gasteiger partial charge in [-0.25, -0.2) is 13.8 Å². The van der Waals surface area contributed by atoms with Gasteiger partial charge >= 0.3 is 0 Å². The molecule has 25 heavy (non-hydrogen) atoms. The smallest absolute Gasteiger partial charge is 0.280 e. The Labute approximate surface area is 144 Å². The van der Waals surface area contributed by atoms with Crippen LogP contribution in [0, 0.1) is 17.8 Å². The second-order valence-electron chi connectivity index (χ2n) is 7.83. The van der Waals surface area contributed by atoms with E-state index in [2.05, 4.69) is 10.1 Å². The van der Waals surface area contributed by atoms with Crippen LogP contribution in [0.3, 0.4) is 0 Å². The molecule has 3 aliphatic rings. The lowest BCUT2D eigenvalue weighted by Gasteiger charge is -2.20. The third-order valence-corrected chi connectivity index (χ3v) is 5.65. The van der Waals surface area contributed by atoms with Crippen molar-refractivity contribution in [3.63, 3.8) is 0 Å². The number of alkyl halides is 2. The van der Waals surface area contributed by atoms with Crippen molar-refractivity contribution in [1.82, 2.24) is 14.5 Å². The Bertz CT molecular complexity index is 720. The predicted octanol–water partition coefficient (Wildman–Crippen LogP) is 2.58. The van der Waals surface area contributed by atoms with Crippen LogP contribution in [-0.4, -0.2) is 51.2 Å².